The van der Waals surface area contributed by atoms with Gasteiger partial charge in [0, 0.05) is 12.8 Å². The van der Waals surface area contributed by atoms with Gasteiger partial charge in [0.1, 0.15) is 43.2 Å². The molecule has 0 aromatic heterocycles. The van der Waals surface area contributed by atoms with E-state index in [0.717, 1.165) is 83.5 Å². The van der Waals surface area contributed by atoms with Crippen molar-refractivity contribution in [3.05, 3.63) is 60.8 Å². The highest BCUT2D eigenvalue weighted by Gasteiger charge is 2.51. The maximum atomic E-state index is 12.8. The summed E-state index contributed by atoms with van der Waals surface area (Å²) in [6, 6.07) is 0. The number of unbranched alkanes of at least 4 members (excludes halogenated alkanes) is 11. The van der Waals surface area contributed by atoms with Crippen molar-refractivity contribution >= 4 is 19.8 Å². The zero-order valence-electron chi connectivity index (χ0n) is 37.8. The van der Waals surface area contributed by atoms with E-state index in [9.17, 15) is 54.8 Å². The van der Waals surface area contributed by atoms with E-state index in [2.05, 4.69) is 62.5 Å². The van der Waals surface area contributed by atoms with Crippen molar-refractivity contribution in [2.45, 2.75) is 210 Å². The van der Waals surface area contributed by atoms with Crippen LogP contribution in [0, 0.1) is 0 Å². The number of ether oxygens (including phenoxy) is 2. The molecule has 15 nitrogen and oxygen atoms in total. The molecule has 1 aliphatic carbocycles. The van der Waals surface area contributed by atoms with Crippen molar-refractivity contribution in [1.29, 1.82) is 0 Å². The molecule has 1 rings (SSSR count). The van der Waals surface area contributed by atoms with Gasteiger partial charge in [0.15, 0.2) is 6.10 Å². The summed E-state index contributed by atoms with van der Waals surface area (Å²) in [7, 11) is -5.17. The Hall–Kier alpha value is -2.53. The molecule has 63 heavy (non-hydrogen) atoms. The number of carbonyl (C=O) groups is 2. The van der Waals surface area contributed by atoms with E-state index in [4.69, 9.17) is 18.5 Å². The molecule has 3 unspecified atom stereocenters. The SMILES string of the molecule is CC/C=C\C/C=C\C/C=C\C/C=C\CCCCCCC(=O)OC[C@H](COP(=O)(O)OC1[C@H](O)[C@H](O)C(O)[C@H](O)[C@H]1O)OC(=O)CCCCCCC[C@H](O)[C@@H](O)C/C=C\CCCCC. The van der Waals surface area contributed by atoms with Crippen LogP contribution in [-0.4, -0.2) is 121 Å². The minimum Gasteiger partial charge on any atom is -0.462 e. The molecule has 1 aliphatic rings. The highest BCUT2D eigenvalue weighted by atomic mass is 31.2. The summed E-state index contributed by atoms with van der Waals surface area (Å²) in [5.41, 5.74) is 0. The Labute approximate surface area is 376 Å². The van der Waals surface area contributed by atoms with Crippen LogP contribution in [0.1, 0.15) is 155 Å². The number of rotatable bonds is 37. The molecule has 0 saturated heterocycles. The number of carbonyl (C=O) groups excluding carboxylic acids is 2. The van der Waals surface area contributed by atoms with Crippen molar-refractivity contribution in [3.63, 3.8) is 0 Å². The molecule has 0 radical (unpaired) electrons. The Balaban J connectivity index is 2.53. The third-order valence-electron chi connectivity index (χ3n) is 10.5. The monoisotopic (exact) mass is 917 g/mol. The van der Waals surface area contributed by atoms with Crippen molar-refractivity contribution < 1.29 is 73.3 Å². The third-order valence-corrected chi connectivity index (χ3v) is 11.5. The average molecular weight is 917 g/mol. The van der Waals surface area contributed by atoms with E-state index >= 15 is 0 Å². The van der Waals surface area contributed by atoms with Crippen LogP contribution in [0.4, 0.5) is 0 Å². The first-order valence-corrected chi connectivity index (χ1v) is 24.8. The second kappa shape index (κ2) is 36.7. The molecule has 0 aromatic rings. The van der Waals surface area contributed by atoms with Gasteiger partial charge in [-0.3, -0.25) is 18.6 Å². The number of phosphoric ester groups is 1. The Morgan fingerprint density at radius 1 is 0.571 bits per heavy atom. The lowest BCUT2D eigenvalue weighted by Gasteiger charge is -2.41. The van der Waals surface area contributed by atoms with E-state index < -0.39 is 87.9 Å². The quantitative estimate of drug-likeness (QED) is 0.0137. The van der Waals surface area contributed by atoms with Crippen molar-refractivity contribution in [2.75, 3.05) is 13.2 Å². The zero-order chi connectivity index (χ0) is 46.7. The van der Waals surface area contributed by atoms with Crippen molar-refractivity contribution in [2.24, 2.45) is 0 Å². The molecule has 0 amide bonds. The fourth-order valence-corrected chi connectivity index (χ4v) is 7.63. The molecule has 364 valence electrons. The first-order valence-electron chi connectivity index (χ1n) is 23.3. The summed E-state index contributed by atoms with van der Waals surface area (Å²) in [5.74, 6) is -1.24. The standard InChI is InChI=1S/C47H81O15P/c1-3-5-7-9-11-12-13-14-15-16-17-18-19-20-21-25-29-33-40(50)59-35-37(36-60-63(57,58)62-47-45(55)43(53)42(52)44(54)46(47)56)61-41(51)34-30-26-22-24-28-32-39(49)38(48)31-27-23-10-8-6-4-2/h5,7,11-12,14-15,17-18,23,27,37-39,42-49,52-56H,3-4,6,8-10,13,16,19-22,24-26,28-36H2,1-2H3,(H,57,58)/b7-5-,12-11-,15-14-,18-17-,27-23-/t37-,38+,39+,42?,43-,44+,45-,46-,47?/m1/s1. The molecular weight excluding hydrogens is 835 g/mol. The van der Waals surface area contributed by atoms with Crippen LogP contribution in [0.15, 0.2) is 60.8 Å². The summed E-state index contributed by atoms with van der Waals surface area (Å²) in [6.45, 7) is 2.97. The molecule has 0 heterocycles. The Morgan fingerprint density at radius 2 is 1.06 bits per heavy atom. The lowest BCUT2D eigenvalue weighted by Crippen LogP contribution is -2.64. The normalized spacial score (nSPS) is 23.3. The number of allylic oxidation sites excluding steroid dienone is 9. The summed E-state index contributed by atoms with van der Waals surface area (Å²) < 4.78 is 33.4. The predicted molar refractivity (Wildman–Crippen MR) is 242 cm³/mol. The van der Waals surface area contributed by atoms with E-state index in [-0.39, 0.29) is 12.8 Å². The number of aliphatic hydroxyl groups is 7. The maximum absolute atomic E-state index is 12.8. The molecule has 1 saturated carbocycles. The molecular formula is C47H81O15P. The number of hydrogen-bond acceptors (Lipinski definition) is 14. The number of phosphoric acid groups is 1. The van der Waals surface area contributed by atoms with Gasteiger partial charge in [0.25, 0.3) is 0 Å². The number of esters is 2. The lowest BCUT2D eigenvalue weighted by atomic mass is 9.85. The Morgan fingerprint density at radius 3 is 1.67 bits per heavy atom. The zero-order valence-corrected chi connectivity index (χ0v) is 38.7. The molecule has 0 bridgehead atoms. The van der Waals surface area contributed by atoms with Crippen LogP contribution in [0.5, 0.6) is 0 Å². The van der Waals surface area contributed by atoms with Gasteiger partial charge in [-0.25, -0.2) is 4.57 Å². The lowest BCUT2D eigenvalue weighted by molar-refractivity contribution is -0.220. The second-order valence-electron chi connectivity index (χ2n) is 16.2. The van der Waals surface area contributed by atoms with Crippen molar-refractivity contribution in [1.82, 2.24) is 0 Å². The van der Waals surface area contributed by atoms with Crippen LogP contribution >= 0.6 is 7.82 Å². The van der Waals surface area contributed by atoms with Gasteiger partial charge < -0.3 is 50.1 Å². The maximum Gasteiger partial charge on any atom is 0.472 e. The minimum absolute atomic E-state index is 0.0108. The third kappa shape index (κ3) is 28.9. The molecule has 10 atom stereocenters. The van der Waals surface area contributed by atoms with Crippen molar-refractivity contribution in [3.8, 4) is 0 Å². The fraction of sp³-hybridized carbons (Fsp3) is 0.745. The van der Waals surface area contributed by atoms with Gasteiger partial charge in [0.05, 0.1) is 18.8 Å². The molecule has 1 fully saturated rings. The summed E-state index contributed by atoms with van der Waals surface area (Å²) in [5, 5.41) is 70.7. The van der Waals surface area contributed by atoms with Crippen LogP contribution in [0.2, 0.25) is 0 Å². The van der Waals surface area contributed by atoms with Gasteiger partial charge in [0.2, 0.25) is 0 Å². The second-order valence-corrected chi connectivity index (χ2v) is 17.6. The molecule has 0 aliphatic heterocycles. The van der Waals surface area contributed by atoms with E-state index in [1.807, 2.05) is 12.2 Å². The first-order chi connectivity index (χ1) is 30.2. The van der Waals surface area contributed by atoms with Gasteiger partial charge >= 0.3 is 19.8 Å². The largest absolute Gasteiger partial charge is 0.472 e. The predicted octanol–water partition coefficient (Wildman–Crippen LogP) is 6.89. The molecule has 8 N–H and O–H groups in total. The summed E-state index contributed by atoms with van der Waals surface area (Å²) >= 11 is 0. The molecule has 0 aromatic carbocycles. The van der Waals surface area contributed by atoms with Crippen LogP contribution < -0.4 is 0 Å². The first kappa shape index (κ1) is 58.5. The summed E-state index contributed by atoms with van der Waals surface area (Å²) in [4.78, 5) is 35.7. The number of hydrogen-bond donors (Lipinski definition) is 8. The minimum atomic E-state index is -5.17. The fourth-order valence-electron chi connectivity index (χ4n) is 6.65. The highest BCUT2D eigenvalue weighted by Crippen LogP contribution is 2.47. The van der Waals surface area contributed by atoms with E-state index in [0.29, 0.717) is 38.5 Å². The van der Waals surface area contributed by atoms with Gasteiger partial charge in [-0.15, -0.1) is 0 Å². The molecule has 0 spiro atoms. The topological polar surface area (TPSA) is 250 Å². The van der Waals surface area contributed by atoms with E-state index in [1.54, 1.807) is 0 Å². The van der Waals surface area contributed by atoms with Crippen LogP contribution in [0.25, 0.3) is 0 Å². The van der Waals surface area contributed by atoms with Crippen LogP contribution in [0.3, 0.4) is 0 Å². The Bertz CT molecular complexity index is 1370. The average Bonchev–Trinajstić information content (AvgIpc) is 3.26. The van der Waals surface area contributed by atoms with Gasteiger partial charge in [-0.1, -0.05) is 126 Å². The highest BCUT2D eigenvalue weighted by molar-refractivity contribution is 7.47. The smallest absolute Gasteiger partial charge is 0.462 e. The van der Waals surface area contributed by atoms with Gasteiger partial charge in [-0.05, 0) is 77.0 Å². The Kier molecular flexibility index (Phi) is 34.0. The van der Waals surface area contributed by atoms with Crippen LogP contribution in [-0.2, 0) is 32.7 Å². The summed E-state index contributed by atoms with van der Waals surface area (Å²) in [6.07, 6.45) is 22.8. The number of aliphatic hydroxyl groups excluding tert-OH is 7. The molecule has 16 heteroatoms. The van der Waals surface area contributed by atoms with E-state index in [1.165, 1.54) is 6.42 Å². The van der Waals surface area contributed by atoms with Gasteiger partial charge in [-0.2, -0.15) is 0 Å².